The van der Waals surface area contributed by atoms with E-state index in [2.05, 4.69) is 5.32 Å². The summed E-state index contributed by atoms with van der Waals surface area (Å²) >= 11 is 0. The molecule has 7 nitrogen and oxygen atoms in total. The minimum absolute atomic E-state index is 0.330. The summed E-state index contributed by atoms with van der Waals surface area (Å²) in [5, 5.41) is 2.77. The van der Waals surface area contributed by atoms with E-state index < -0.39 is 16.1 Å². The first kappa shape index (κ1) is 18.4. The first-order valence-electron chi connectivity index (χ1n) is 8.01. The van der Waals surface area contributed by atoms with Crippen LogP contribution in [0.15, 0.2) is 18.2 Å². The first-order valence-corrected chi connectivity index (χ1v) is 9.86. The van der Waals surface area contributed by atoms with Crippen LogP contribution in [0, 0.1) is 0 Å². The fourth-order valence-corrected chi connectivity index (χ4v) is 3.68. The standard InChI is InChI=1S/C16H24N2O5S/c1-4-5-8-17-16(19)12(2)18(24(3,20)21)13-6-7-14-15(11-13)23-10-9-22-14/h6-7,11-12H,4-5,8-10H2,1-3H3,(H,17,19)/t12-/m1/s1. The number of rotatable bonds is 7. The van der Waals surface area contributed by atoms with Gasteiger partial charge >= 0.3 is 0 Å². The number of sulfonamides is 1. The van der Waals surface area contributed by atoms with Crippen LogP contribution in [-0.4, -0.2) is 46.4 Å². The summed E-state index contributed by atoms with van der Waals surface area (Å²) < 4.78 is 36.5. The van der Waals surface area contributed by atoms with Gasteiger partial charge < -0.3 is 14.8 Å². The van der Waals surface area contributed by atoms with Crippen LogP contribution in [0.2, 0.25) is 0 Å². The molecule has 0 unspecified atom stereocenters. The summed E-state index contributed by atoms with van der Waals surface area (Å²) in [6, 6.07) is 4.00. The number of ether oxygens (including phenoxy) is 2. The van der Waals surface area contributed by atoms with E-state index in [-0.39, 0.29) is 5.91 Å². The second kappa shape index (κ2) is 7.74. The molecule has 1 atom stereocenters. The third-order valence-corrected chi connectivity index (χ3v) is 4.94. The van der Waals surface area contributed by atoms with Crippen molar-refractivity contribution >= 4 is 21.6 Å². The Morgan fingerprint density at radius 3 is 2.58 bits per heavy atom. The molecule has 8 heteroatoms. The van der Waals surface area contributed by atoms with Gasteiger partial charge in [0.15, 0.2) is 11.5 Å². The molecule has 0 fully saturated rings. The molecule has 1 aromatic carbocycles. The van der Waals surface area contributed by atoms with Gasteiger partial charge in [-0.15, -0.1) is 0 Å². The summed E-state index contributed by atoms with van der Waals surface area (Å²) in [6.07, 6.45) is 2.88. The lowest BCUT2D eigenvalue weighted by Gasteiger charge is -2.29. The van der Waals surface area contributed by atoms with Crippen LogP contribution < -0.4 is 19.1 Å². The van der Waals surface area contributed by atoms with E-state index in [1.807, 2.05) is 6.92 Å². The summed E-state index contributed by atoms with van der Waals surface area (Å²) in [4.78, 5) is 12.3. The molecule has 0 radical (unpaired) electrons. The smallest absolute Gasteiger partial charge is 0.243 e. The quantitative estimate of drug-likeness (QED) is 0.749. The SMILES string of the molecule is CCCCNC(=O)[C@@H](C)N(c1ccc2c(c1)OCCO2)S(C)(=O)=O. The molecule has 0 aliphatic carbocycles. The van der Waals surface area contributed by atoms with Crippen LogP contribution in [0.4, 0.5) is 5.69 Å². The maximum Gasteiger partial charge on any atom is 0.243 e. The van der Waals surface area contributed by atoms with Crippen molar-refractivity contribution in [2.45, 2.75) is 32.7 Å². The van der Waals surface area contributed by atoms with Gasteiger partial charge in [0, 0.05) is 12.6 Å². The zero-order valence-corrected chi connectivity index (χ0v) is 15.1. The van der Waals surface area contributed by atoms with Gasteiger partial charge in [-0.1, -0.05) is 13.3 Å². The van der Waals surface area contributed by atoms with Crippen molar-refractivity contribution in [3.8, 4) is 11.5 Å². The van der Waals surface area contributed by atoms with Crippen LogP contribution in [0.25, 0.3) is 0 Å². The van der Waals surface area contributed by atoms with Gasteiger partial charge in [0.25, 0.3) is 0 Å². The Kier molecular flexibility index (Phi) is 5.93. The number of fused-ring (bicyclic) bond motifs is 1. The monoisotopic (exact) mass is 356 g/mol. The normalized spacial score (nSPS) is 14.8. The summed E-state index contributed by atoms with van der Waals surface area (Å²) in [5.74, 6) is 0.716. The molecule has 0 aromatic heterocycles. The predicted octanol–water partition coefficient (Wildman–Crippen LogP) is 1.53. The van der Waals surface area contributed by atoms with E-state index in [1.165, 1.54) is 0 Å². The highest BCUT2D eigenvalue weighted by molar-refractivity contribution is 7.92. The third-order valence-electron chi connectivity index (χ3n) is 3.70. The molecule has 1 heterocycles. The molecular formula is C16H24N2O5S. The van der Waals surface area contributed by atoms with Gasteiger partial charge in [0.05, 0.1) is 11.9 Å². The van der Waals surface area contributed by atoms with Gasteiger partial charge in [-0.2, -0.15) is 0 Å². The predicted molar refractivity (Wildman–Crippen MR) is 92.1 cm³/mol. The molecule has 1 aliphatic rings. The third kappa shape index (κ3) is 4.31. The molecule has 1 aliphatic heterocycles. The highest BCUT2D eigenvalue weighted by Crippen LogP contribution is 2.35. The number of carbonyl (C=O) groups excluding carboxylic acids is 1. The van der Waals surface area contributed by atoms with Crippen LogP contribution in [0.3, 0.4) is 0 Å². The Balaban J connectivity index is 2.27. The van der Waals surface area contributed by atoms with Crippen molar-refractivity contribution < 1.29 is 22.7 Å². The Hall–Kier alpha value is -1.96. The van der Waals surface area contributed by atoms with Crippen LogP contribution >= 0.6 is 0 Å². The molecule has 2 rings (SSSR count). The van der Waals surface area contributed by atoms with Gasteiger partial charge in [-0.25, -0.2) is 8.42 Å². The van der Waals surface area contributed by atoms with Crippen molar-refractivity contribution in [1.82, 2.24) is 5.32 Å². The fourth-order valence-electron chi connectivity index (χ4n) is 2.51. The largest absolute Gasteiger partial charge is 0.486 e. The van der Waals surface area contributed by atoms with E-state index in [1.54, 1.807) is 25.1 Å². The van der Waals surface area contributed by atoms with Crippen LogP contribution in [0.5, 0.6) is 11.5 Å². The summed E-state index contributed by atoms with van der Waals surface area (Å²) in [6.45, 7) is 4.98. The van der Waals surface area contributed by atoms with Crippen molar-refractivity contribution in [2.75, 3.05) is 30.3 Å². The first-order chi connectivity index (χ1) is 11.3. The topological polar surface area (TPSA) is 84.9 Å². The Labute approximate surface area is 143 Å². The average Bonchev–Trinajstić information content (AvgIpc) is 2.53. The lowest BCUT2D eigenvalue weighted by atomic mass is 10.2. The molecule has 0 saturated heterocycles. The highest BCUT2D eigenvalue weighted by atomic mass is 32.2. The maximum absolute atomic E-state index is 12.3. The number of nitrogens with zero attached hydrogens (tertiary/aromatic N) is 1. The number of amides is 1. The van der Waals surface area contributed by atoms with Gasteiger partial charge in [-0.3, -0.25) is 9.10 Å². The number of carbonyl (C=O) groups is 1. The van der Waals surface area contributed by atoms with E-state index in [0.29, 0.717) is 36.9 Å². The van der Waals surface area contributed by atoms with Crippen molar-refractivity contribution in [1.29, 1.82) is 0 Å². The minimum Gasteiger partial charge on any atom is -0.486 e. The summed E-state index contributed by atoms with van der Waals surface area (Å²) in [5.41, 5.74) is 0.375. The number of anilines is 1. The molecule has 24 heavy (non-hydrogen) atoms. The lowest BCUT2D eigenvalue weighted by molar-refractivity contribution is -0.121. The van der Waals surface area contributed by atoms with Gasteiger partial charge in [0.1, 0.15) is 19.3 Å². The second-order valence-electron chi connectivity index (χ2n) is 5.71. The van der Waals surface area contributed by atoms with E-state index in [0.717, 1.165) is 23.4 Å². The zero-order chi connectivity index (χ0) is 17.7. The molecule has 134 valence electrons. The number of benzene rings is 1. The molecule has 0 spiro atoms. The number of unbranched alkanes of at least 4 members (excludes halogenated alkanes) is 1. The molecule has 1 aromatic rings. The molecule has 1 amide bonds. The average molecular weight is 356 g/mol. The Morgan fingerprint density at radius 2 is 1.96 bits per heavy atom. The molecule has 1 N–H and O–H groups in total. The van der Waals surface area contributed by atoms with E-state index in [4.69, 9.17) is 9.47 Å². The maximum atomic E-state index is 12.3. The summed E-state index contributed by atoms with van der Waals surface area (Å²) in [7, 11) is -3.64. The second-order valence-corrected chi connectivity index (χ2v) is 7.57. The van der Waals surface area contributed by atoms with Crippen molar-refractivity contribution in [3.05, 3.63) is 18.2 Å². The zero-order valence-electron chi connectivity index (χ0n) is 14.2. The molecule has 0 saturated carbocycles. The fraction of sp³-hybridized carbons (Fsp3) is 0.562. The molecule has 0 bridgehead atoms. The number of hydrogen-bond donors (Lipinski definition) is 1. The minimum atomic E-state index is -3.64. The number of hydrogen-bond acceptors (Lipinski definition) is 5. The van der Waals surface area contributed by atoms with Crippen LogP contribution in [0.1, 0.15) is 26.7 Å². The van der Waals surface area contributed by atoms with E-state index in [9.17, 15) is 13.2 Å². The van der Waals surface area contributed by atoms with Gasteiger partial charge in [0.2, 0.25) is 15.9 Å². The Morgan fingerprint density at radius 1 is 1.29 bits per heavy atom. The van der Waals surface area contributed by atoms with Gasteiger partial charge in [-0.05, 0) is 25.5 Å². The number of nitrogens with one attached hydrogen (secondary N) is 1. The lowest BCUT2D eigenvalue weighted by Crippen LogP contribution is -2.48. The van der Waals surface area contributed by atoms with E-state index >= 15 is 0 Å². The van der Waals surface area contributed by atoms with Crippen molar-refractivity contribution in [2.24, 2.45) is 0 Å². The van der Waals surface area contributed by atoms with Crippen LogP contribution in [-0.2, 0) is 14.8 Å². The highest BCUT2D eigenvalue weighted by Gasteiger charge is 2.30. The molecular weight excluding hydrogens is 332 g/mol. The Bertz CT molecular complexity index is 690. The van der Waals surface area contributed by atoms with Crippen molar-refractivity contribution in [3.63, 3.8) is 0 Å².